The van der Waals surface area contributed by atoms with Crippen LogP contribution in [0.15, 0.2) is 11.8 Å². The fourth-order valence-corrected chi connectivity index (χ4v) is 7.98. The number of hydrogen-bond acceptors (Lipinski definition) is 7. The summed E-state index contributed by atoms with van der Waals surface area (Å²) >= 11 is 0. The van der Waals surface area contributed by atoms with Crippen LogP contribution in [0.4, 0.5) is 0 Å². The molecule has 0 amide bonds. The van der Waals surface area contributed by atoms with Crippen LogP contribution in [0.3, 0.4) is 0 Å². The van der Waals surface area contributed by atoms with E-state index in [1.165, 1.54) is 6.92 Å². The lowest BCUT2D eigenvalue weighted by atomic mass is 9.39. The van der Waals surface area contributed by atoms with Gasteiger partial charge in [0.05, 0.1) is 18.1 Å². The molecule has 1 spiro atoms. The van der Waals surface area contributed by atoms with Crippen molar-refractivity contribution in [2.45, 2.75) is 71.7 Å². The van der Waals surface area contributed by atoms with Crippen LogP contribution < -0.4 is 0 Å². The van der Waals surface area contributed by atoms with Crippen LogP contribution in [0.2, 0.25) is 0 Å². The summed E-state index contributed by atoms with van der Waals surface area (Å²) in [6.45, 7) is 10.0. The summed E-state index contributed by atoms with van der Waals surface area (Å²) in [6.07, 6.45) is 2.79. The Hall–Kier alpha value is -1.57. The van der Waals surface area contributed by atoms with Crippen LogP contribution in [0, 0.1) is 40.4 Å². The summed E-state index contributed by atoms with van der Waals surface area (Å²) in [5.74, 6) is -1.63. The first kappa shape index (κ1) is 22.2. The number of carbonyl (C=O) groups is 3. The zero-order valence-corrected chi connectivity index (χ0v) is 19.6. The predicted octanol–water partition coefficient (Wildman–Crippen LogP) is 2.44. The van der Waals surface area contributed by atoms with Gasteiger partial charge in [0, 0.05) is 23.9 Å². The molecule has 2 heterocycles. The smallest absolute Gasteiger partial charge is 0.343 e. The lowest BCUT2D eigenvalue weighted by Crippen LogP contribution is -2.72. The van der Waals surface area contributed by atoms with Gasteiger partial charge < -0.3 is 19.3 Å². The summed E-state index contributed by atoms with van der Waals surface area (Å²) in [5.41, 5.74) is -3.24. The van der Waals surface area contributed by atoms with Crippen molar-refractivity contribution in [1.29, 1.82) is 0 Å². The number of carbonyl (C=O) groups excluding carboxylic acids is 3. The number of hydrogen-bond donors (Lipinski definition) is 1. The maximum atomic E-state index is 14.0. The van der Waals surface area contributed by atoms with Crippen LogP contribution in [0.1, 0.15) is 53.9 Å². The van der Waals surface area contributed by atoms with Gasteiger partial charge in [-0.15, -0.1) is 0 Å². The van der Waals surface area contributed by atoms with Crippen molar-refractivity contribution >= 4 is 17.5 Å². The molecule has 7 nitrogen and oxygen atoms in total. The molecule has 7 heteroatoms. The summed E-state index contributed by atoms with van der Waals surface area (Å²) in [4.78, 5) is 40.5. The number of fused-ring (bicyclic) bond motifs is 1. The molecule has 2 bridgehead atoms. The Kier molecular flexibility index (Phi) is 4.84. The number of aliphatic hydroxyl groups is 1. The molecular formula is C25H34O7. The van der Waals surface area contributed by atoms with Crippen molar-refractivity contribution in [1.82, 2.24) is 0 Å². The van der Waals surface area contributed by atoms with Gasteiger partial charge in [-0.2, -0.15) is 0 Å². The fraction of sp³-hybridized carbons (Fsp3) is 0.800. The minimum absolute atomic E-state index is 0.0187. The number of rotatable bonds is 3. The molecule has 1 N–H and O–H groups in total. The van der Waals surface area contributed by atoms with Gasteiger partial charge in [-0.25, -0.2) is 4.79 Å². The molecule has 2 saturated heterocycles. The maximum absolute atomic E-state index is 14.0. The van der Waals surface area contributed by atoms with Crippen molar-refractivity contribution in [2.75, 3.05) is 13.2 Å². The first-order valence-corrected chi connectivity index (χ1v) is 12.0. The topological polar surface area (TPSA) is 99.1 Å². The Morgan fingerprint density at radius 3 is 2.72 bits per heavy atom. The zero-order chi connectivity index (χ0) is 23.2. The summed E-state index contributed by atoms with van der Waals surface area (Å²) in [6, 6.07) is 0. The van der Waals surface area contributed by atoms with Crippen LogP contribution in [0.25, 0.3) is 0 Å². The molecule has 2 saturated carbocycles. The Bertz CT molecular complexity index is 906. The highest BCUT2D eigenvalue weighted by Gasteiger charge is 2.77. The van der Waals surface area contributed by atoms with Gasteiger partial charge in [0.25, 0.3) is 0 Å². The molecule has 3 unspecified atom stereocenters. The highest BCUT2D eigenvalue weighted by Crippen LogP contribution is 2.70. The molecule has 4 fully saturated rings. The minimum atomic E-state index is -1.68. The van der Waals surface area contributed by atoms with Gasteiger partial charge >= 0.3 is 5.97 Å². The highest BCUT2D eigenvalue weighted by molar-refractivity contribution is 6.07. The Balaban J connectivity index is 1.61. The van der Waals surface area contributed by atoms with E-state index < -0.39 is 34.4 Å². The molecule has 0 radical (unpaired) electrons. The number of ether oxygens (including phenoxy) is 3. The largest absolute Gasteiger partial charge is 0.421 e. The third-order valence-corrected chi connectivity index (χ3v) is 9.52. The fourth-order valence-electron chi connectivity index (χ4n) is 7.98. The van der Waals surface area contributed by atoms with E-state index in [9.17, 15) is 19.5 Å². The van der Waals surface area contributed by atoms with Crippen molar-refractivity contribution in [3.63, 3.8) is 0 Å². The van der Waals surface area contributed by atoms with Gasteiger partial charge in [0.1, 0.15) is 6.10 Å². The van der Waals surface area contributed by atoms with E-state index in [0.717, 1.165) is 12.8 Å². The third-order valence-electron chi connectivity index (χ3n) is 9.52. The molecule has 10 atom stereocenters. The Morgan fingerprint density at radius 1 is 1.31 bits per heavy atom. The second kappa shape index (κ2) is 6.97. The molecule has 0 aromatic heterocycles. The average molecular weight is 447 g/mol. The highest BCUT2D eigenvalue weighted by atomic mass is 16.6. The molecule has 2 aliphatic heterocycles. The number of ketones is 2. The quantitative estimate of drug-likeness (QED) is 0.665. The molecule has 5 aliphatic rings. The molecule has 0 aromatic rings. The van der Waals surface area contributed by atoms with Crippen molar-refractivity contribution in [3.8, 4) is 0 Å². The van der Waals surface area contributed by atoms with Crippen LogP contribution in [-0.2, 0) is 28.6 Å². The predicted molar refractivity (Wildman–Crippen MR) is 113 cm³/mol. The minimum Gasteiger partial charge on any atom is -0.421 e. The van der Waals surface area contributed by atoms with Crippen LogP contribution in [0.5, 0.6) is 0 Å². The van der Waals surface area contributed by atoms with Gasteiger partial charge in [0.2, 0.25) is 5.78 Å². The SMILES string of the molecule is CCC(C)(O)C(=O)OC1=CC(C)[C@@H]2C(=O)[C@H]3OCC[C@H]4[C@@H](C)CC5OC[C@]34[C@H]5[C@@]2(C)C1=O. The molecule has 32 heavy (non-hydrogen) atoms. The monoisotopic (exact) mass is 446 g/mol. The van der Waals surface area contributed by atoms with Gasteiger partial charge in [-0.05, 0) is 50.0 Å². The van der Waals surface area contributed by atoms with Crippen LogP contribution >= 0.6 is 0 Å². The van der Waals surface area contributed by atoms with Gasteiger partial charge in [0.15, 0.2) is 17.1 Å². The maximum Gasteiger partial charge on any atom is 0.343 e. The van der Waals surface area contributed by atoms with E-state index in [1.807, 2.05) is 13.8 Å². The second-order valence-corrected chi connectivity index (χ2v) is 11.2. The Morgan fingerprint density at radius 2 is 2.03 bits per heavy atom. The van der Waals surface area contributed by atoms with Crippen LogP contribution in [-0.4, -0.2) is 53.7 Å². The van der Waals surface area contributed by atoms with Gasteiger partial charge in [-0.3, -0.25) is 9.59 Å². The van der Waals surface area contributed by atoms with E-state index in [2.05, 4.69) is 6.92 Å². The number of allylic oxidation sites excluding steroid dienone is 2. The van der Waals surface area contributed by atoms with Crippen molar-refractivity contribution < 1.29 is 33.7 Å². The standard InChI is InChI=1S/C25H34O7/c1-6-23(4,29)22(28)32-16-10-13(3)17-18(26)21-25-11-31-15(19(25)24(17,5)20(16)27)9-12(2)14(25)7-8-30-21/h10,12-15,17,19,21,29H,6-9,11H2,1-5H3/t12-,13?,14-,15?,17+,19+,21+,23?,24-,25-/m0/s1. The van der Waals surface area contributed by atoms with Gasteiger partial charge in [-0.1, -0.05) is 27.7 Å². The molecule has 0 aromatic carbocycles. The first-order chi connectivity index (χ1) is 15.0. The molecule has 176 valence electrons. The number of Topliss-reactive ketones (excluding diaryl/α,β-unsaturated/α-hetero) is 2. The first-order valence-electron chi connectivity index (χ1n) is 12.0. The van der Waals surface area contributed by atoms with E-state index in [-0.39, 0.29) is 47.6 Å². The summed E-state index contributed by atoms with van der Waals surface area (Å²) in [5, 5.41) is 10.3. The molecular weight excluding hydrogens is 412 g/mol. The lowest BCUT2D eigenvalue weighted by molar-refractivity contribution is -0.222. The van der Waals surface area contributed by atoms with E-state index in [1.54, 1.807) is 13.0 Å². The second-order valence-electron chi connectivity index (χ2n) is 11.2. The third kappa shape index (κ3) is 2.56. The molecule has 5 rings (SSSR count). The lowest BCUT2D eigenvalue weighted by Gasteiger charge is -2.64. The van der Waals surface area contributed by atoms with E-state index in [0.29, 0.717) is 19.1 Å². The number of esters is 1. The zero-order valence-electron chi connectivity index (χ0n) is 19.6. The van der Waals surface area contributed by atoms with Crippen molar-refractivity contribution in [3.05, 3.63) is 11.8 Å². The van der Waals surface area contributed by atoms with E-state index >= 15 is 0 Å². The average Bonchev–Trinajstić information content (AvgIpc) is 3.03. The molecule has 3 aliphatic carbocycles. The van der Waals surface area contributed by atoms with E-state index in [4.69, 9.17) is 14.2 Å². The summed E-state index contributed by atoms with van der Waals surface area (Å²) in [7, 11) is 0. The normalized spacial score (nSPS) is 48.9. The Labute approximate surface area is 188 Å². The van der Waals surface area contributed by atoms with Crippen molar-refractivity contribution in [2.24, 2.45) is 40.4 Å². The summed E-state index contributed by atoms with van der Waals surface area (Å²) < 4.78 is 18.0.